The number of nitro groups is 1. The second-order valence-electron chi connectivity index (χ2n) is 4.18. The number of carbonyl (C=O) groups excluding carboxylic acids is 1. The van der Waals surface area contributed by atoms with E-state index in [0.717, 1.165) is 12.1 Å². The summed E-state index contributed by atoms with van der Waals surface area (Å²) in [5.74, 6) is -1.14. The van der Waals surface area contributed by atoms with Gasteiger partial charge in [0.05, 0.1) is 29.0 Å². The molecule has 0 saturated heterocycles. The van der Waals surface area contributed by atoms with Gasteiger partial charge in [-0.3, -0.25) is 20.5 Å². The molecule has 0 radical (unpaired) electrons. The minimum absolute atomic E-state index is 0.00805. The molecular formula is C13H15ClN4O5. The number of phenols is 1. The summed E-state index contributed by atoms with van der Waals surface area (Å²) in [6.07, 6.45) is 0. The average molecular weight is 343 g/mol. The molecule has 10 heteroatoms. The van der Waals surface area contributed by atoms with E-state index in [-0.39, 0.29) is 23.0 Å². The van der Waals surface area contributed by atoms with Gasteiger partial charge in [-0.05, 0) is 19.9 Å². The standard InChI is InChI=1S/C13H15ClN4O5/c1-4-23-13(20)12(7(2)15-3)17-16-9-5-8(14)10(18(21)22)6-11(9)19/h5-6,16,19H,4H2,1-3H3/b15-7?,17-12+. The highest BCUT2D eigenvalue weighted by molar-refractivity contribution is 6.65. The number of nitro benzene ring substituents is 1. The number of hydrazone groups is 1. The Kier molecular flexibility index (Phi) is 6.46. The fraction of sp³-hybridized carbons (Fsp3) is 0.308. The second kappa shape index (κ2) is 8.08. The van der Waals surface area contributed by atoms with Crippen LogP contribution in [0.25, 0.3) is 0 Å². The predicted octanol–water partition coefficient (Wildman–Crippen LogP) is 2.38. The van der Waals surface area contributed by atoms with Gasteiger partial charge in [0.25, 0.3) is 5.69 Å². The Hall–Kier alpha value is -2.68. The van der Waals surface area contributed by atoms with E-state index in [4.69, 9.17) is 16.3 Å². The smallest absolute Gasteiger partial charge is 0.360 e. The molecule has 0 amide bonds. The third kappa shape index (κ3) is 4.65. The van der Waals surface area contributed by atoms with Crippen molar-refractivity contribution in [2.75, 3.05) is 19.1 Å². The van der Waals surface area contributed by atoms with Crippen molar-refractivity contribution in [2.24, 2.45) is 10.1 Å². The second-order valence-corrected chi connectivity index (χ2v) is 4.59. The molecule has 124 valence electrons. The van der Waals surface area contributed by atoms with Gasteiger partial charge < -0.3 is 9.84 Å². The predicted molar refractivity (Wildman–Crippen MR) is 86.5 cm³/mol. The molecule has 0 aliphatic heterocycles. The lowest BCUT2D eigenvalue weighted by atomic mass is 10.2. The van der Waals surface area contributed by atoms with Gasteiger partial charge in [0.15, 0.2) is 5.71 Å². The van der Waals surface area contributed by atoms with Crippen molar-refractivity contribution in [3.63, 3.8) is 0 Å². The summed E-state index contributed by atoms with van der Waals surface area (Å²) in [6, 6.07) is 2.00. The van der Waals surface area contributed by atoms with Gasteiger partial charge in [0.1, 0.15) is 10.8 Å². The molecule has 0 aromatic heterocycles. The SMILES string of the molecule is CCOC(=O)/C(=N/Nc1cc(Cl)c([N+](=O)[O-])cc1O)C(C)=NC. The first-order valence-corrected chi connectivity index (χ1v) is 6.81. The Bertz CT molecular complexity index is 687. The maximum absolute atomic E-state index is 11.8. The van der Waals surface area contributed by atoms with Gasteiger partial charge in [-0.25, -0.2) is 4.79 Å². The first kappa shape index (κ1) is 18.4. The molecule has 23 heavy (non-hydrogen) atoms. The van der Waals surface area contributed by atoms with E-state index in [0.29, 0.717) is 5.71 Å². The van der Waals surface area contributed by atoms with Crippen molar-refractivity contribution < 1.29 is 19.6 Å². The van der Waals surface area contributed by atoms with Crippen LogP contribution in [-0.2, 0) is 9.53 Å². The zero-order valence-electron chi connectivity index (χ0n) is 12.7. The van der Waals surface area contributed by atoms with Crippen molar-refractivity contribution in [3.8, 4) is 5.75 Å². The fourth-order valence-corrected chi connectivity index (χ4v) is 1.71. The van der Waals surface area contributed by atoms with E-state index in [1.54, 1.807) is 13.8 Å². The summed E-state index contributed by atoms with van der Waals surface area (Å²) >= 11 is 5.76. The number of hydrogen-bond donors (Lipinski definition) is 2. The quantitative estimate of drug-likeness (QED) is 0.268. The van der Waals surface area contributed by atoms with Gasteiger partial charge in [0, 0.05) is 7.05 Å². The molecule has 1 rings (SSSR count). The summed E-state index contributed by atoms with van der Waals surface area (Å²) in [6.45, 7) is 3.35. The Labute approximate surface area is 136 Å². The molecule has 0 atom stereocenters. The van der Waals surface area contributed by atoms with Crippen LogP contribution in [0.5, 0.6) is 5.75 Å². The summed E-state index contributed by atoms with van der Waals surface area (Å²) in [5.41, 5.74) is 2.18. The number of benzene rings is 1. The van der Waals surface area contributed by atoms with Gasteiger partial charge in [-0.1, -0.05) is 11.6 Å². The number of esters is 1. The number of phenolic OH excluding ortho intramolecular Hbond substituents is 1. The number of anilines is 1. The van der Waals surface area contributed by atoms with Gasteiger partial charge >= 0.3 is 5.97 Å². The summed E-state index contributed by atoms with van der Waals surface area (Å²) in [7, 11) is 1.48. The third-order valence-corrected chi connectivity index (χ3v) is 3.00. The number of ether oxygens (including phenoxy) is 1. The van der Waals surface area contributed by atoms with Crippen molar-refractivity contribution in [1.29, 1.82) is 0 Å². The highest BCUT2D eigenvalue weighted by atomic mass is 35.5. The minimum atomic E-state index is -0.729. The molecule has 0 spiro atoms. The number of aliphatic imine (C=N–C) groups is 1. The lowest BCUT2D eigenvalue weighted by molar-refractivity contribution is -0.384. The number of hydrogen-bond acceptors (Lipinski definition) is 8. The van der Waals surface area contributed by atoms with Gasteiger partial charge in [-0.15, -0.1) is 0 Å². The summed E-state index contributed by atoms with van der Waals surface area (Å²) in [5, 5.41) is 24.1. The van der Waals surface area contributed by atoms with Crippen LogP contribution in [0, 0.1) is 10.1 Å². The first-order valence-electron chi connectivity index (χ1n) is 6.43. The number of halogens is 1. The Morgan fingerprint density at radius 1 is 1.52 bits per heavy atom. The minimum Gasteiger partial charge on any atom is -0.505 e. The monoisotopic (exact) mass is 342 g/mol. The molecule has 0 saturated carbocycles. The molecule has 0 fully saturated rings. The van der Waals surface area contributed by atoms with Gasteiger partial charge in [0.2, 0.25) is 0 Å². The number of nitrogens with zero attached hydrogens (tertiary/aromatic N) is 3. The number of nitrogens with one attached hydrogen (secondary N) is 1. The summed E-state index contributed by atoms with van der Waals surface area (Å²) < 4.78 is 4.85. The average Bonchev–Trinajstić information content (AvgIpc) is 2.49. The number of aromatic hydroxyl groups is 1. The van der Waals surface area contributed by atoms with Crippen LogP contribution in [0.4, 0.5) is 11.4 Å². The van der Waals surface area contributed by atoms with E-state index in [2.05, 4.69) is 15.5 Å². The van der Waals surface area contributed by atoms with Crippen LogP contribution >= 0.6 is 11.6 Å². The van der Waals surface area contributed by atoms with Crippen LogP contribution < -0.4 is 5.43 Å². The van der Waals surface area contributed by atoms with E-state index in [1.807, 2.05) is 0 Å². The van der Waals surface area contributed by atoms with Crippen molar-refractivity contribution in [1.82, 2.24) is 0 Å². The van der Waals surface area contributed by atoms with Crippen molar-refractivity contribution in [2.45, 2.75) is 13.8 Å². The molecule has 1 aromatic rings. The summed E-state index contributed by atoms with van der Waals surface area (Å²) in [4.78, 5) is 25.7. The van der Waals surface area contributed by atoms with Crippen LogP contribution in [0.15, 0.2) is 22.2 Å². The molecule has 0 unspecified atom stereocenters. The van der Waals surface area contributed by atoms with Crippen LogP contribution in [0.1, 0.15) is 13.8 Å². The van der Waals surface area contributed by atoms with E-state index < -0.39 is 22.3 Å². The van der Waals surface area contributed by atoms with E-state index >= 15 is 0 Å². The Balaban J connectivity index is 3.16. The Morgan fingerprint density at radius 2 is 2.17 bits per heavy atom. The Morgan fingerprint density at radius 3 is 2.70 bits per heavy atom. The van der Waals surface area contributed by atoms with Crippen LogP contribution in [0.2, 0.25) is 5.02 Å². The third-order valence-electron chi connectivity index (χ3n) is 2.70. The van der Waals surface area contributed by atoms with Crippen molar-refractivity contribution in [3.05, 3.63) is 27.3 Å². The van der Waals surface area contributed by atoms with Crippen LogP contribution in [0.3, 0.4) is 0 Å². The molecule has 2 N–H and O–H groups in total. The molecule has 0 heterocycles. The van der Waals surface area contributed by atoms with Crippen molar-refractivity contribution >= 4 is 40.4 Å². The molecule has 0 aliphatic carbocycles. The number of carbonyl (C=O) groups is 1. The normalized spacial score (nSPS) is 12.0. The molecular weight excluding hydrogens is 328 g/mol. The van der Waals surface area contributed by atoms with Crippen LogP contribution in [-0.4, -0.2) is 41.1 Å². The highest BCUT2D eigenvalue weighted by Gasteiger charge is 2.19. The highest BCUT2D eigenvalue weighted by Crippen LogP contribution is 2.34. The maximum atomic E-state index is 11.8. The maximum Gasteiger partial charge on any atom is 0.360 e. The molecule has 1 aromatic carbocycles. The number of rotatable bonds is 6. The van der Waals surface area contributed by atoms with E-state index in [1.165, 1.54) is 7.05 Å². The zero-order valence-corrected chi connectivity index (χ0v) is 13.4. The molecule has 0 aliphatic rings. The first-order chi connectivity index (χ1) is 10.8. The zero-order chi connectivity index (χ0) is 17.6. The van der Waals surface area contributed by atoms with Gasteiger partial charge in [-0.2, -0.15) is 5.10 Å². The largest absolute Gasteiger partial charge is 0.505 e. The molecule has 0 bridgehead atoms. The molecule has 9 nitrogen and oxygen atoms in total. The topological polar surface area (TPSA) is 126 Å². The fourth-order valence-electron chi connectivity index (χ4n) is 1.48. The lowest BCUT2D eigenvalue weighted by Crippen LogP contribution is -2.25. The van der Waals surface area contributed by atoms with E-state index in [9.17, 15) is 20.0 Å². The lowest BCUT2D eigenvalue weighted by Gasteiger charge is -2.08.